The van der Waals surface area contributed by atoms with Crippen LogP contribution >= 0.6 is 0 Å². The second-order valence-corrected chi connectivity index (χ2v) is 8.20. The Morgan fingerprint density at radius 2 is 1.82 bits per heavy atom. The number of H-pyrrole nitrogens is 2. The average Bonchev–Trinajstić information content (AvgIpc) is 3.06. The fourth-order valence-electron chi connectivity index (χ4n) is 4.37. The van der Waals surface area contributed by atoms with E-state index in [-0.39, 0.29) is 18.0 Å². The van der Waals surface area contributed by atoms with Crippen molar-refractivity contribution < 1.29 is 14.3 Å². The summed E-state index contributed by atoms with van der Waals surface area (Å²) in [6, 6.07) is 5.40. The van der Waals surface area contributed by atoms with Crippen LogP contribution in [0, 0.1) is 5.41 Å². The number of ketones is 1. The first-order valence-corrected chi connectivity index (χ1v) is 9.12. The third kappa shape index (κ3) is 2.48. The summed E-state index contributed by atoms with van der Waals surface area (Å²) in [5.41, 5.74) is 1.07. The Balaban J connectivity index is 1.77. The normalized spacial score (nSPS) is 21.8. The number of hydrogen-bond acceptors (Lipinski definition) is 6. The maximum Gasteiger partial charge on any atom is 0.327 e. The molecule has 3 aliphatic rings. The Kier molecular flexibility index (Phi) is 3.37. The number of benzene rings is 1. The Labute approximate surface area is 159 Å². The molecule has 1 aromatic carbocycles. The van der Waals surface area contributed by atoms with Crippen LogP contribution in [0.15, 0.2) is 39.1 Å². The topological polar surface area (TPSA) is 113 Å². The Hall–Kier alpha value is -3.29. The molecule has 5 rings (SSSR count). The lowest BCUT2D eigenvalue weighted by Crippen LogP contribution is -2.38. The van der Waals surface area contributed by atoms with Crippen molar-refractivity contribution >= 4 is 11.6 Å². The lowest BCUT2D eigenvalue weighted by molar-refractivity contribution is -0.118. The molecule has 0 saturated carbocycles. The molecule has 3 N–H and O–H groups in total. The van der Waals surface area contributed by atoms with Crippen LogP contribution in [0.3, 0.4) is 0 Å². The summed E-state index contributed by atoms with van der Waals surface area (Å²) < 4.78 is 10.9. The number of allylic oxidation sites excluding steroid dienone is 2. The summed E-state index contributed by atoms with van der Waals surface area (Å²) in [6.07, 6.45) is 1.04. The van der Waals surface area contributed by atoms with Gasteiger partial charge in [0.25, 0.3) is 5.56 Å². The van der Waals surface area contributed by atoms with E-state index in [9.17, 15) is 14.4 Å². The van der Waals surface area contributed by atoms with E-state index in [1.165, 1.54) is 0 Å². The first-order valence-electron chi connectivity index (χ1n) is 9.12. The number of aromatic nitrogens is 2. The highest BCUT2D eigenvalue weighted by Crippen LogP contribution is 2.48. The standard InChI is InChI=1S/C20H19N3O5/c1-20(2)6-10-15(11(24)7-20)14(9-3-4-12-13(5-9)28-8-27-12)16-17(21-10)22-19(26)23-18(16)25/h3-5,14H,6-8H2,1-2H3,(H3,21,22,23,25,26)/t14-/m1/s1. The minimum absolute atomic E-state index is 0.00216. The fraction of sp³-hybridized carbons (Fsp3) is 0.350. The summed E-state index contributed by atoms with van der Waals surface area (Å²) in [5, 5.41) is 3.15. The van der Waals surface area contributed by atoms with E-state index >= 15 is 0 Å². The van der Waals surface area contributed by atoms with Crippen LogP contribution in [0.1, 0.15) is 43.7 Å². The number of Topliss-reactive ketones (excluding diaryl/α,β-unsaturated/α-hetero) is 1. The Morgan fingerprint density at radius 1 is 1.04 bits per heavy atom. The molecule has 2 aromatic rings. The molecule has 0 saturated heterocycles. The highest BCUT2D eigenvalue weighted by Gasteiger charge is 2.42. The van der Waals surface area contributed by atoms with E-state index in [0.29, 0.717) is 41.3 Å². The molecule has 28 heavy (non-hydrogen) atoms. The van der Waals surface area contributed by atoms with Crippen LogP contribution in [0.25, 0.3) is 0 Å². The quantitative estimate of drug-likeness (QED) is 0.696. The van der Waals surface area contributed by atoms with Crippen LogP contribution < -0.4 is 26.0 Å². The van der Waals surface area contributed by atoms with Gasteiger partial charge in [-0.05, 0) is 29.5 Å². The molecule has 0 unspecified atom stereocenters. The average molecular weight is 381 g/mol. The van der Waals surface area contributed by atoms with Gasteiger partial charge in [0.1, 0.15) is 5.82 Å². The lowest BCUT2D eigenvalue weighted by atomic mass is 9.69. The number of aromatic amines is 2. The third-order valence-electron chi connectivity index (χ3n) is 5.48. The van der Waals surface area contributed by atoms with Gasteiger partial charge >= 0.3 is 5.69 Å². The summed E-state index contributed by atoms with van der Waals surface area (Å²) in [4.78, 5) is 42.6. The largest absolute Gasteiger partial charge is 0.454 e. The molecule has 0 fully saturated rings. The molecule has 1 aliphatic carbocycles. The van der Waals surface area contributed by atoms with Crippen molar-refractivity contribution in [2.45, 2.75) is 32.6 Å². The maximum atomic E-state index is 13.1. The summed E-state index contributed by atoms with van der Waals surface area (Å²) in [5.74, 6) is 0.936. The van der Waals surface area contributed by atoms with Crippen molar-refractivity contribution in [3.8, 4) is 11.5 Å². The monoisotopic (exact) mass is 381 g/mol. The Bertz CT molecular complexity index is 1170. The molecule has 0 bridgehead atoms. The highest BCUT2D eigenvalue weighted by molar-refractivity contribution is 6.01. The van der Waals surface area contributed by atoms with Crippen LogP contribution in [-0.2, 0) is 4.79 Å². The Morgan fingerprint density at radius 3 is 2.64 bits per heavy atom. The second kappa shape index (κ2) is 5.60. The van der Waals surface area contributed by atoms with Gasteiger partial charge in [-0.3, -0.25) is 19.6 Å². The van der Waals surface area contributed by atoms with Gasteiger partial charge < -0.3 is 14.8 Å². The third-order valence-corrected chi connectivity index (χ3v) is 5.48. The number of anilines is 1. The highest BCUT2D eigenvalue weighted by atomic mass is 16.7. The van der Waals surface area contributed by atoms with E-state index in [4.69, 9.17) is 9.47 Å². The second-order valence-electron chi connectivity index (χ2n) is 8.20. The zero-order chi connectivity index (χ0) is 19.6. The van der Waals surface area contributed by atoms with Gasteiger partial charge in [0, 0.05) is 23.6 Å². The van der Waals surface area contributed by atoms with Crippen LogP contribution in [0.2, 0.25) is 0 Å². The zero-order valence-electron chi connectivity index (χ0n) is 15.5. The molecule has 3 heterocycles. The molecule has 0 amide bonds. The van der Waals surface area contributed by atoms with E-state index in [1.807, 2.05) is 19.9 Å². The molecule has 0 spiro atoms. The summed E-state index contributed by atoms with van der Waals surface area (Å²) >= 11 is 0. The number of rotatable bonds is 1. The molecule has 144 valence electrons. The molecule has 2 aliphatic heterocycles. The smallest absolute Gasteiger partial charge is 0.327 e. The first-order chi connectivity index (χ1) is 13.3. The van der Waals surface area contributed by atoms with Gasteiger partial charge in [0.2, 0.25) is 6.79 Å². The molecular weight excluding hydrogens is 362 g/mol. The van der Waals surface area contributed by atoms with E-state index in [0.717, 1.165) is 11.3 Å². The summed E-state index contributed by atoms with van der Waals surface area (Å²) in [7, 11) is 0. The SMILES string of the molecule is CC1(C)CC(=O)C2=C(C1)Nc1[nH]c(=O)[nH]c(=O)c1[C@@H]2c1ccc2c(c1)OCO2. The number of carbonyl (C=O) groups is 1. The van der Waals surface area contributed by atoms with Crippen molar-refractivity contribution in [2.75, 3.05) is 12.1 Å². The molecule has 1 atom stereocenters. The molecule has 8 heteroatoms. The molecule has 1 aromatic heterocycles. The van der Waals surface area contributed by atoms with Gasteiger partial charge in [-0.15, -0.1) is 0 Å². The van der Waals surface area contributed by atoms with E-state index < -0.39 is 17.2 Å². The number of carbonyl (C=O) groups excluding carboxylic acids is 1. The van der Waals surface area contributed by atoms with Gasteiger partial charge in [-0.1, -0.05) is 19.9 Å². The number of ether oxygens (including phenoxy) is 2. The zero-order valence-corrected chi connectivity index (χ0v) is 15.5. The predicted octanol–water partition coefficient (Wildman–Crippen LogP) is 1.99. The molecule has 0 radical (unpaired) electrons. The lowest BCUT2D eigenvalue weighted by Gasteiger charge is -2.38. The minimum Gasteiger partial charge on any atom is -0.454 e. The van der Waals surface area contributed by atoms with Crippen LogP contribution in [0.4, 0.5) is 5.82 Å². The minimum atomic E-state index is -0.593. The van der Waals surface area contributed by atoms with Gasteiger partial charge in [0.15, 0.2) is 17.3 Å². The fourth-order valence-corrected chi connectivity index (χ4v) is 4.37. The van der Waals surface area contributed by atoms with Gasteiger partial charge in [-0.25, -0.2) is 4.79 Å². The maximum absolute atomic E-state index is 13.1. The van der Waals surface area contributed by atoms with Crippen LogP contribution in [0.5, 0.6) is 11.5 Å². The first kappa shape index (κ1) is 16.9. The predicted molar refractivity (Wildman–Crippen MR) is 101 cm³/mol. The summed E-state index contributed by atoms with van der Waals surface area (Å²) in [6.45, 7) is 4.20. The van der Waals surface area contributed by atoms with Crippen molar-refractivity contribution in [3.05, 3.63) is 61.4 Å². The van der Waals surface area contributed by atoms with Crippen molar-refractivity contribution in [3.63, 3.8) is 0 Å². The van der Waals surface area contributed by atoms with Gasteiger partial charge in [0.05, 0.1) is 5.56 Å². The van der Waals surface area contributed by atoms with Gasteiger partial charge in [-0.2, -0.15) is 0 Å². The molecular formula is C20H19N3O5. The number of nitrogens with one attached hydrogen (secondary N) is 3. The number of fused-ring (bicyclic) bond motifs is 2. The van der Waals surface area contributed by atoms with Crippen molar-refractivity contribution in [2.24, 2.45) is 5.41 Å². The van der Waals surface area contributed by atoms with Crippen molar-refractivity contribution in [1.82, 2.24) is 9.97 Å². The van der Waals surface area contributed by atoms with Crippen LogP contribution in [-0.4, -0.2) is 22.5 Å². The van der Waals surface area contributed by atoms with Crippen molar-refractivity contribution in [1.29, 1.82) is 0 Å². The number of hydrogen-bond donors (Lipinski definition) is 3. The van der Waals surface area contributed by atoms with E-state index in [2.05, 4.69) is 15.3 Å². The van der Waals surface area contributed by atoms with E-state index in [1.54, 1.807) is 12.1 Å². The molecule has 8 nitrogen and oxygen atoms in total.